The first-order valence-electron chi connectivity index (χ1n) is 7.72. The van der Waals surface area contributed by atoms with Crippen LogP contribution in [0.1, 0.15) is 38.2 Å². The van der Waals surface area contributed by atoms with Crippen LogP contribution in [-0.4, -0.2) is 36.5 Å². The van der Waals surface area contributed by atoms with E-state index in [9.17, 15) is 4.79 Å². The van der Waals surface area contributed by atoms with E-state index in [1.165, 1.54) is 5.56 Å². The molecular weight excluding hydrogens is 248 g/mol. The Morgan fingerprint density at radius 1 is 1.30 bits per heavy atom. The molecule has 1 aromatic rings. The van der Waals surface area contributed by atoms with Crippen LogP contribution in [-0.2, 0) is 4.79 Å². The molecule has 3 rings (SSSR count). The lowest BCUT2D eigenvalue weighted by Crippen LogP contribution is -2.48. The molecule has 3 heteroatoms. The predicted molar refractivity (Wildman–Crippen MR) is 80.6 cm³/mol. The molecule has 3 nitrogen and oxygen atoms in total. The molecule has 2 saturated heterocycles. The SMILES string of the molecule is CC(C)N1C[C@@H](c2ccccc2)[C@]2(CCCNC2)C1=O. The van der Waals surface area contributed by atoms with Gasteiger partial charge in [0.1, 0.15) is 0 Å². The maximum absolute atomic E-state index is 13.0. The molecule has 1 aromatic carbocycles. The van der Waals surface area contributed by atoms with Crippen molar-refractivity contribution in [2.45, 2.75) is 38.6 Å². The standard InChI is InChI=1S/C17H24N2O/c1-13(2)19-11-15(14-7-4-3-5-8-14)17(16(19)20)9-6-10-18-12-17/h3-5,7-8,13,15,18H,6,9-12H2,1-2H3/t15-,17+/m0/s1. The third kappa shape index (κ3) is 2.05. The number of hydrogen-bond acceptors (Lipinski definition) is 2. The number of piperidine rings is 1. The van der Waals surface area contributed by atoms with Gasteiger partial charge in [-0.1, -0.05) is 30.3 Å². The van der Waals surface area contributed by atoms with Gasteiger partial charge in [-0.25, -0.2) is 0 Å². The summed E-state index contributed by atoms with van der Waals surface area (Å²) in [5, 5.41) is 3.46. The van der Waals surface area contributed by atoms with Crippen molar-refractivity contribution in [3.63, 3.8) is 0 Å². The minimum atomic E-state index is -0.218. The smallest absolute Gasteiger partial charge is 0.231 e. The number of likely N-dealkylation sites (tertiary alicyclic amines) is 1. The molecule has 0 bridgehead atoms. The van der Waals surface area contributed by atoms with Crippen molar-refractivity contribution in [1.29, 1.82) is 0 Å². The van der Waals surface area contributed by atoms with E-state index < -0.39 is 0 Å². The molecule has 2 fully saturated rings. The fourth-order valence-electron chi connectivity index (χ4n) is 3.85. The number of nitrogens with zero attached hydrogens (tertiary/aromatic N) is 1. The largest absolute Gasteiger partial charge is 0.339 e. The van der Waals surface area contributed by atoms with Crippen LogP contribution in [0.5, 0.6) is 0 Å². The van der Waals surface area contributed by atoms with Crippen LogP contribution in [0.4, 0.5) is 0 Å². The molecular formula is C17H24N2O. The van der Waals surface area contributed by atoms with Crippen LogP contribution >= 0.6 is 0 Å². The van der Waals surface area contributed by atoms with E-state index in [0.717, 1.165) is 32.5 Å². The van der Waals surface area contributed by atoms with Crippen LogP contribution in [0.25, 0.3) is 0 Å². The highest BCUT2D eigenvalue weighted by Gasteiger charge is 2.54. The van der Waals surface area contributed by atoms with Crippen LogP contribution in [0.15, 0.2) is 30.3 Å². The highest BCUT2D eigenvalue weighted by atomic mass is 16.2. The van der Waals surface area contributed by atoms with Crippen LogP contribution < -0.4 is 5.32 Å². The zero-order valence-electron chi connectivity index (χ0n) is 12.4. The predicted octanol–water partition coefficient (Wildman–Crippen LogP) is 2.39. The summed E-state index contributed by atoms with van der Waals surface area (Å²) in [6.07, 6.45) is 2.11. The second kappa shape index (κ2) is 5.21. The van der Waals surface area contributed by atoms with Gasteiger partial charge in [-0.2, -0.15) is 0 Å². The lowest BCUT2D eigenvalue weighted by molar-refractivity contribution is -0.138. The third-order valence-corrected chi connectivity index (χ3v) is 4.98. The fraction of sp³-hybridized carbons (Fsp3) is 0.588. The molecule has 0 aromatic heterocycles. The van der Waals surface area contributed by atoms with Gasteiger partial charge in [0.25, 0.3) is 0 Å². The molecule has 20 heavy (non-hydrogen) atoms. The molecule has 0 aliphatic carbocycles. The van der Waals surface area contributed by atoms with E-state index in [1.807, 2.05) is 6.07 Å². The zero-order valence-corrected chi connectivity index (χ0v) is 12.4. The Balaban J connectivity index is 2.00. The topological polar surface area (TPSA) is 32.3 Å². The second-order valence-electron chi connectivity index (χ2n) is 6.45. The Kier molecular flexibility index (Phi) is 3.55. The van der Waals surface area contributed by atoms with Crippen molar-refractivity contribution in [3.05, 3.63) is 35.9 Å². The molecule has 2 atom stereocenters. The minimum absolute atomic E-state index is 0.218. The van der Waals surface area contributed by atoms with Gasteiger partial charge in [0.05, 0.1) is 5.41 Å². The fourth-order valence-corrected chi connectivity index (χ4v) is 3.85. The van der Waals surface area contributed by atoms with Crippen molar-refractivity contribution in [3.8, 4) is 0 Å². The molecule has 0 saturated carbocycles. The van der Waals surface area contributed by atoms with Crippen molar-refractivity contribution in [1.82, 2.24) is 10.2 Å². The second-order valence-corrected chi connectivity index (χ2v) is 6.45. The molecule has 1 N–H and O–H groups in total. The number of benzene rings is 1. The molecule has 1 spiro atoms. The van der Waals surface area contributed by atoms with Gasteiger partial charge in [-0.3, -0.25) is 4.79 Å². The zero-order chi connectivity index (χ0) is 14.2. The van der Waals surface area contributed by atoms with E-state index >= 15 is 0 Å². The maximum Gasteiger partial charge on any atom is 0.231 e. The monoisotopic (exact) mass is 272 g/mol. The summed E-state index contributed by atoms with van der Waals surface area (Å²) >= 11 is 0. The first-order chi connectivity index (χ1) is 9.65. The Bertz CT molecular complexity index is 477. The molecule has 1 amide bonds. The van der Waals surface area contributed by atoms with E-state index in [4.69, 9.17) is 0 Å². The number of rotatable bonds is 2. The summed E-state index contributed by atoms with van der Waals surface area (Å²) < 4.78 is 0. The van der Waals surface area contributed by atoms with Crippen LogP contribution in [0.3, 0.4) is 0 Å². The van der Waals surface area contributed by atoms with Crippen molar-refractivity contribution >= 4 is 5.91 Å². The molecule has 108 valence electrons. The lowest BCUT2D eigenvalue weighted by atomic mass is 9.69. The first kappa shape index (κ1) is 13.6. The van der Waals surface area contributed by atoms with E-state index in [0.29, 0.717) is 11.8 Å². The summed E-state index contributed by atoms with van der Waals surface area (Å²) in [7, 11) is 0. The summed E-state index contributed by atoms with van der Waals surface area (Å²) in [4.78, 5) is 15.1. The van der Waals surface area contributed by atoms with Crippen LogP contribution in [0, 0.1) is 5.41 Å². The minimum Gasteiger partial charge on any atom is -0.339 e. The summed E-state index contributed by atoms with van der Waals surface area (Å²) in [5.41, 5.74) is 1.09. The Hall–Kier alpha value is -1.35. The average Bonchev–Trinajstić information content (AvgIpc) is 2.75. The highest BCUT2D eigenvalue weighted by molar-refractivity contribution is 5.87. The third-order valence-electron chi connectivity index (χ3n) is 4.98. The highest BCUT2D eigenvalue weighted by Crippen LogP contribution is 2.48. The Morgan fingerprint density at radius 2 is 2.05 bits per heavy atom. The number of carbonyl (C=O) groups is 1. The van der Waals surface area contributed by atoms with E-state index in [-0.39, 0.29) is 11.5 Å². The van der Waals surface area contributed by atoms with Gasteiger partial charge in [-0.05, 0) is 38.8 Å². The van der Waals surface area contributed by atoms with Gasteiger partial charge in [0, 0.05) is 25.0 Å². The first-order valence-corrected chi connectivity index (χ1v) is 7.72. The van der Waals surface area contributed by atoms with Gasteiger partial charge < -0.3 is 10.2 Å². The number of carbonyl (C=O) groups excluding carboxylic acids is 1. The average molecular weight is 272 g/mol. The normalized spacial score (nSPS) is 30.4. The van der Waals surface area contributed by atoms with Crippen LogP contribution in [0.2, 0.25) is 0 Å². The molecule has 2 aliphatic rings. The van der Waals surface area contributed by atoms with Crippen molar-refractivity contribution < 1.29 is 4.79 Å². The Labute approximate surface area is 121 Å². The quantitative estimate of drug-likeness (QED) is 0.896. The molecule has 0 unspecified atom stereocenters. The number of amides is 1. The Morgan fingerprint density at radius 3 is 2.65 bits per heavy atom. The number of nitrogens with one attached hydrogen (secondary N) is 1. The number of hydrogen-bond donors (Lipinski definition) is 1. The lowest BCUT2D eigenvalue weighted by Gasteiger charge is -2.37. The summed E-state index contributed by atoms with van der Waals surface area (Å²) in [6.45, 7) is 6.97. The molecule has 2 aliphatic heterocycles. The van der Waals surface area contributed by atoms with Gasteiger partial charge >= 0.3 is 0 Å². The maximum atomic E-state index is 13.0. The van der Waals surface area contributed by atoms with Crippen molar-refractivity contribution in [2.75, 3.05) is 19.6 Å². The van der Waals surface area contributed by atoms with Gasteiger partial charge in [0.15, 0.2) is 0 Å². The van der Waals surface area contributed by atoms with Gasteiger partial charge in [0.2, 0.25) is 5.91 Å². The van der Waals surface area contributed by atoms with E-state index in [1.54, 1.807) is 0 Å². The molecule has 2 heterocycles. The summed E-state index contributed by atoms with van der Waals surface area (Å²) in [6, 6.07) is 10.9. The van der Waals surface area contributed by atoms with Gasteiger partial charge in [-0.15, -0.1) is 0 Å². The molecule has 0 radical (unpaired) electrons. The van der Waals surface area contributed by atoms with E-state index in [2.05, 4.69) is 48.3 Å². The van der Waals surface area contributed by atoms with Crippen molar-refractivity contribution in [2.24, 2.45) is 5.41 Å². The summed E-state index contributed by atoms with van der Waals surface area (Å²) in [5.74, 6) is 0.681.